The van der Waals surface area contributed by atoms with Crippen molar-refractivity contribution in [3.63, 3.8) is 0 Å². The summed E-state index contributed by atoms with van der Waals surface area (Å²) in [6.07, 6.45) is 1.25. The number of aliphatic hydroxyl groups excluding tert-OH is 2. The second kappa shape index (κ2) is 4.67. The normalized spacial score (nSPS) is 28.5. The molecule has 2 heterocycles. The molecule has 1 saturated heterocycles. The average Bonchev–Trinajstić information content (AvgIpc) is 2.65. The number of rotatable bonds is 2. The minimum Gasteiger partial charge on any atom is -0.395 e. The van der Waals surface area contributed by atoms with Gasteiger partial charge >= 0.3 is 5.69 Å². The van der Waals surface area contributed by atoms with Crippen LogP contribution in [0.1, 0.15) is 17.4 Å². The quantitative estimate of drug-likeness (QED) is 0.645. The molecule has 0 aromatic carbocycles. The van der Waals surface area contributed by atoms with Crippen molar-refractivity contribution in [2.24, 2.45) is 0 Å². The fraction of sp³-hybridized carbons (Fsp3) is 0.600. The number of hydrogen-bond donors (Lipinski definition) is 3. The van der Waals surface area contributed by atoms with Gasteiger partial charge in [-0.05, 0) is 6.92 Å². The maximum Gasteiger partial charge on any atom is 0.329 e. The highest BCUT2D eigenvalue weighted by atomic mass is 32.2. The van der Waals surface area contributed by atoms with Gasteiger partial charge in [0.15, 0.2) is 0 Å². The molecule has 0 spiro atoms. The number of nitrogens with one attached hydrogen (secondary N) is 1. The highest BCUT2D eigenvalue weighted by molar-refractivity contribution is 8.00. The summed E-state index contributed by atoms with van der Waals surface area (Å²) in [5, 5.41) is 18.2. The van der Waals surface area contributed by atoms with Crippen LogP contribution in [-0.4, -0.2) is 37.7 Å². The van der Waals surface area contributed by atoms with Crippen molar-refractivity contribution in [2.45, 2.75) is 30.1 Å². The molecule has 0 amide bonds. The number of thioether (sulfide) groups is 1. The fourth-order valence-corrected chi connectivity index (χ4v) is 3.23. The molecule has 0 radical (unpaired) electrons. The Balaban J connectivity index is 2.34. The molecule has 0 unspecified atom stereocenters. The second-order valence-electron chi connectivity index (χ2n) is 4.09. The molecular formula is C10H14N2O4S. The molecule has 1 aliphatic heterocycles. The maximum atomic E-state index is 11.6. The Hall–Kier alpha value is -1.05. The van der Waals surface area contributed by atoms with Gasteiger partial charge in [0.05, 0.1) is 23.3 Å². The topological polar surface area (TPSA) is 95.3 Å². The van der Waals surface area contributed by atoms with Crippen LogP contribution in [0.5, 0.6) is 0 Å². The third kappa shape index (κ3) is 2.31. The molecule has 1 aliphatic rings. The van der Waals surface area contributed by atoms with Gasteiger partial charge in [0.1, 0.15) is 0 Å². The summed E-state index contributed by atoms with van der Waals surface area (Å²) >= 11 is 1.34. The highest BCUT2D eigenvalue weighted by Crippen LogP contribution is 2.40. The Labute approximate surface area is 101 Å². The average molecular weight is 258 g/mol. The number of hydrogen-bond acceptors (Lipinski definition) is 5. The summed E-state index contributed by atoms with van der Waals surface area (Å²) in [6.45, 7) is 1.49. The number of aliphatic hydroxyl groups is 2. The number of aromatic nitrogens is 2. The molecular weight excluding hydrogens is 244 g/mol. The van der Waals surface area contributed by atoms with E-state index in [9.17, 15) is 14.7 Å². The molecule has 1 aromatic heterocycles. The molecule has 94 valence electrons. The van der Waals surface area contributed by atoms with Crippen LogP contribution in [-0.2, 0) is 0 Å². The number of nitrogens with zero attached hydrogens (tertiary/aromatic N) is 1. The molecule has 0 bridgehead atoms. The maximum absolute atomic E-state index is 11.6. The number of H-pyrrole nitrogens is 1. The first kappa shape index (κ1) is 12.4. The third-order valence-electron chi connectivity index (χ3n) is 2.84. The van der Waals surface area contributed by atoms with Gasteiger partial charge in [-0.2, -0.15) is 0 Å². The molecule has 17 heavy (non-hydrogen) atoms. The summed E-state index contributed by atoms with van der Waals surface area (Å²) in [6, 6.07) is 0. The lowest BCUT2D eigenvalue weighted by molar-refractivity contribution is 0.137. The predicted octanol–water partition coefficient (Wildman–Crippen LogP) is -0.798. The van der Waals surface area contributed by atoms with E-state index in [4.69, 9.17) is 5.11 Å². The minimum atomic E-state index is -0.630. The zero-order chi connectivity index (χ0) is 12.6. The Bertz CT molecular complexity index is 524. The third-order valence-corrected chi connectivity index (χ3v) is 4.39. The molecule has 6 nitrogen and oxygen atoms in total. The van der Waals surface area contributed by atoms with Crippen LogP contribution in [0.15, 0.2) is 15.8 Å². The van der Waals surface area contributed by atoms with Gasteiger partial charge in [-0.3, -0.25) is 14.3 Å². The molecule has 0 aliphatic carbocycles. The molecule has 1 fully saturated rings. The Morgan fingerprint density at radius 3 is 2.88 bits per heavy atom. The van der Waals surface area contributed by atoms with Crippen molar-refractivity contribution in [2.75, 3.05) is 6.61 Å². The van der Waals surface area contributed by atoms with Crippen LogP contribution < -0.4 is 11.2 Å². The number of aromatic amines is 1. The van der Waals surface area contributed by atoms with Crippen LogP contribution in [0, 0.1) is 6.92 Å². The van der Waals surface area contributed by atoms with Crippen molar-refractivity contribution < 1.29 is 10.2 Å². The standard InChI is InChI=1S/C10H14N2O4S/c1-5-3-12(10(16)11-9(5)15)8-2-6(14)7(4-13)17-8/h3,6-8,13-14H,2,4H2,1H3,(H,11,15,16)/t6-,7-,8-/m1/s1. The van der Waals surface area contributed by atoms with Gasteiger partial charge in [0, 0.05) is 18.2 Å². The first-order chi connectivity index (χ1) is 8.02. The number of aryl methyl sites for hydroxylation is 1. The van der Waals surface area contributed by atoms with E-state index in [1.165, 1.54) is 22.5 Å². The lowest BCUT2D eigenvalue weighted by Crippen LogP contribution is -2.32. The summed E-state index contributed by atoms with van der Waals surface area (Å²) in [5.41, 5.74) is -0.426. The Morgan fingerprint density at radius 1 is 1.59 bits per heavy atom. The van der Waals surface area contributed by atoms with E-state index >= 15 is 0 Å². The summed E-state index contributed by atoms with van der Waals surface area (Å²) < 4.78 is 1.40. The van der Waals surface area contributed by atoms with E-state index in [1.54, 1.807) is 6.92 Å². The zero-order valence-electron chi connectivity index (χ0n) is 9.29. The largest absolute Gasteiger partial charge is 0.395 e. The summed E-state index contributed by atoms with van der Waals surface area (Å²) in [4.78, 5) is 25.1. The van der Waals surface area contributed by atoms with Gasteiger partial charge in [-0.25, -0.2) is 4.79 Å². The van der Waals surface area contributed by atoms with Crippen LogP contribution in [0.25, 0.3) is 0 Å². The Kier molecular flexibility index (Phi) is 3.41. The first-order valence-corrected chi connectivity index (χ1v) is 6.23. The molecule has 3 atom stereocenters. The van der Waals surface area contributed by atoms with Crippen LogP contribution in [0.4, 0.5) is 0 Å². The monoisotopic (exact) mass is 258 g/mol. The van der Waals surface area contributed by atoms with E-state index in [1.807, 2.05) is 0 Å². The van der Waals surface area contributed by atoms with Crippen LogP contribution in [0.3, 0.4) is 0 Å². The van der Waals surface area contributed by atoms with Crippen molar-refractivity contribution in [1.82, 2.24) is 9.55 Å². The highest BCUT2D eigenvalue weighted by Gasteiger charge is 2.34. The molecule has 0 saturated carbocycles. The fourth-order valence-electron chi connectivity index (χ4n) is 1.85. The predicted molar refractivity (Wildman–Crippen MR) is 64.2 cm³/mol. The molecule has 3 N–H and O–H groups in total. The summed E-state index contributed by atoms with van der Waals surface area (Å²) in [7, 11) is 0. The van der Waals surface area contributed by atoms with Gasteiger partial charge in [0.2, 0.25) is 0 Å². The molecule has 2 rings (SSSR count). The molecule has 7 heteroatoms. The molecule has 1 aromatic rings. The van der Waals surface area contributed by atoms with Crippen LogP contribution >= 0.6 is 11.8 Å². The van der Waals surface area contributed by atoms with Crippen LogP contribution in [0.2, 0.25) is 0 Å². The lowest BCUT2D eigenvalue weighted by atomic mass is 10.2. The Morgan fingerprint density at radius 2 is 2.29 bits per heavy atom. The van der Waals surface area contributed by atoms with E-state index in [0.717, 1.165) is 0 Å². The first-order valence-electron chi connectivity index (χ1n) is 5.29. The SMILES string of the molecule is Cc1cn([C@H]2C[C@@H](O)[C@@H](CO)S2)c(=O)[nH]c1=O. The van der Waals surface area contributed by atoms with Gasteiger partial charge in [-0.15, -0.1) is 11.8 Å². The van der Waals surface area contributed by atoms with E-state index in [0.29, 0.717) is 12.0 Å². The lowest BCUT2D eigenvalue weighted by Gasteiger charge is -2.13. The minimum absolute atomic E-state index is 0.126. The van der Waals surface area contributed by atoms with Gasteiger partial charge in [-0.1, -0.05) is 0 Å². The smallest absolute Gasteiger partial charge is 0.329 e. The van der Waals surface area contributed by atoms with Crippen molar-refractivity contribution >= 4 is 11.8 Å². The van der Waals surface area contributed by atoms with Gasteiger partial charge in [0.25, 0.3) is 5.56 Å². The van der Waals surface area contributed by atoms with E-state index < -0.39 is 17.4 Å². The summed E-state index contributed by atoms with van der Waals surface area (Å²) in [5.74, 6) is 0. The van der Waals surface area contributed by atoms with E-state index in [-0.39, 0.29) is 17.2 Å². The zero-order valence-corrected chi connectivity index (χ0v) is 10.1. The van der Waals surface area contributed by atoms with Crippen molar-refractivity contribution in [1.29, 1.82) is 0 Å². The van der Waals surface area contributed by atoms with Gasteiger partial charge < -0.3 is 10.2 Å². The van der Waals surface area contributed by atoms with E-state index in [2.05, 4.69) is 4.98 Å². The second-order valence-corrected chi connectivity index (χ2v) is 5.52. The van der Waals surface area contributed by atoms with Crippen molar-refractivity contribution in [3.8, 4) is 0 Å². The van der Waals surface area contributed by atoms with Crippen molar-refractivity contribution in [3.05, 3.63) is 32.6 Å².